The maximum atomic E-state index is 13.7. The summed E-state index contributed by atoms with van der Waals surface area (Å²) in [6.07, 6.45) is 0.696. The van der Waals surface area contributed by atoms with Crippen LogP contribution in [0.2, 0.25) is 0 Å². The second-order valence-corrected chi connectivity index (χ2v) is 10.8. The van der Waals surface area contributed by atoms with Gasteiger partial charge in [0, 0.05) is 13.1 Å². The summed E-state index contributed by atoms with van der Waals surface area (Å²) in [7, 11) is -4.28. The largest absolute Gasteiger partial charge is 0.354 e. The lowest BCUT2D eigenvalue weighted by molar-refractivity contribution is -0.139. The molecule has 0 heterocycles. The number of hydrogen-bond donors (Lipinski definition) is 1. The minimum absolute atomic E-state index is 0.0435. The van der Waals surface area contributed by atoms with E-state index >= 15 is 0 Å². The average molecular weight is 544 g/mol. The van der Waals surface area contributed by atoms with Gasteiger partial charge < -0.3 is 10.2 Å². The van der Waals surface area contributed by atoms with Gasteiger partial charge in [-0.1, -0.05) is 36.8 Å². The minimum atomic E-state index is -4.28. The zero-order valence-corrected chi connectivity index (χ0v) is 22.3. The normalized spacial score (nSPS) is 12.0. The van der Waals surface area contributed by atoms with Crippen molar-refractivity contribution in [2.45, 2.75) is 44.7 Å². The highest BCUT2D eigenvalue weighted by atomic mass is 32.2. The number of nitrogens with zero attached hydrogens (tertiary/aromatic N) is 2. The average Bonchev–Trinajstić information content (AvgIpc) is 2.90. The molecule has 0 spiro atoms. The molecule has 0 aliphatic heterocycles. The van der Waals surface area contributed by atoms with E-state index < -0.39 is 46.1 Å². The molecule has 3 aromatic carbocycles. The summed E-state index contributed by atoms with van der Waals surface area (Å²) in [4.78, 5) is 27.6. The van der Waals surface area contributed by atoms with Crippen molar-refractivity contribution in [1.29, 1.82) is 0 Å². The van der Waals surface area contributed by atoms with Gasteiger partial charge in [-0.25, -0.2) is 17.2 Å². The molecule has 7 nitrogen and oxygen atoms in total. The first-order chi connectivity index (χ1) is 18.0. The third-order valence-corrected chi connectivity index (χ3v) is 7.77. The molecule has 0 bridgehead atoms. The minimum Gasteiger partial charge on any atom is -0.354 e. The van der Waals surface area contributed by atoms with E-state index in [1.165, 1.54) is 29.2 Å². The number of anilines is 1. The molecule has 3 aromatic rings. The smallest absolute Gasteiger partial charge is 0.264 e. The first-order valence-electron chi connectivity index (χ1n) is 12.2. The van der Waals surface area contributed by atoms with Crippen LogP contribution in [-0.2, 0) is 26.2 Å². The van der Waals surface area contributed by atoms with Crippen LogP contribution in [0.4, 0.5) is 14.5 Å². The predicted octanol–water partition coefficient (Wildman–Crippen LogP) is 4.41. The number of sulfonamides is 1. The molecule has 0 aliphatic rings. The quantitative estimate of drug-likeness (QED) is 0.388. The number of aryl methyl sites for hydroxylation is 1. The Labute approximate surface area is 222 Å². The Morgan fingerprint density at radius 1 is 0.895 bits per heavy atom. The summed E-state index contributed by atoms with van der Waals surface area (Å²) in [6, 6.07) is 15.5. The van der Waals surface area contributed by atoms with Gasteiger partial charge in [-0.2, -0.15) is 0 Å². The topological polar surface area (TPSA) is 86.8 Å². The van der Waals surface area contributed by atoms with Crippen LogP contribution in [0.25, 0.3) is 0 Å². The molecule has 202 valence electrons. The van der Waals surface area contributed by atoms with E-state index in [2.05, 4.69) is 5.32 Å². The number of nitrogens with one attached hydrogen (secondary N) is 1. The van der Waals surface area contributed by atoms with Crippen molar-refractivity contribution < 1.29 is 26.8 Å². The molecule has 1 atom stereocenters. The summed E-state index contributed by atoms with van der Waals surface area (Å²) >= 11 is 0. The number of amides is 2. The summed E-state index contributed by atoms with van der Waals surface area (Å²) in [5, 5.41) is 2.75. The first kappa shape index (κ1) is 28.8. The molecule has 0 aliphatic carbocycles. The van der Waals surface area contributed by atoms with Crippen molar-refractivity contribution in [3.63, 3.8) is 0 Å². The highest BCUT2D eigenvalue weighted by Crippen LogP contribution is 2.25. The molecule has 0 fully saturated rings. The van der Waals surface area contributed by atoms with Gasteiger partial charge in [0.15, 0.2) is 0 Å². The number of hydrogen-bond acceptors (Lipinski definition) is 4. The number of carbonyl (C=O) groups is 2. The van der Waals surface area contributed by atoms with Gasteiger partial charge in [0.05, 0.1) is 10.6 Å². The number of benzene rings is 3. The molecule has 0 saturated heterocycles. The maximum Gasteiger partial charge on any atom is 0.264 e. The van der Waals surface area contributed by atoms with E-state index in [9.17, 15) is 26.8 Å². The van der Waals surface area contributed by atoms with Crippen LogP contribution in [0.15, 0.2) is 77.7 Å². The molecule has 1 N–H and O–H groups in total. The molecule has 3 rings (SSSR count). The fraction of sp³-hybridized carbons (Fsp3) is 0.286. The van der Waals surface area contributed by atoms with E-state index in [1.54, 1.807) is 31.2 Å². The third-order valence-electron chi connectivity index (χ3n) is 5.99. The van der Waals surface area contributed by atoms with E-state index in [-0.39, 0.29) is 17.1 Å². The second-order valence-electron chi connectivity index (χ2n) is 8.92. The molecule has 1 unspecified atom stereocenters. The SMILES string of the molecule is CCCNC(=O)C(C)N(Cc1ccc(F)cc1)C(=O)CN(c1ccc(C)cc1)S(=O)(=O)c1ccc(F)cc1. The maximum absolute atomic E-state index is 13.7. The van der Waals surface area contributed by atoms with Crippen LogP contribution in [0.5, 0.6) is 0 Å². The molecule has 2 amide bonds. The Morgan fingerprint density at radius 3 is 2.00 bits per heavy atom. The highest BCUT2D eigenvalue weighted by molar-refractivity contribution is 7.92. The van der Waals surface area contributed by atoms with Crippen molar-refractivity contribution in [2.24, 2.45) is 0 Å². The summed E-state index contributed by atoms with van der Waals surface area (Å²) < 4.78 is 55.2. The molecule has 0 saturated carbocycles. The standard InChI is InChI=1S/C28H31F2N3O4S/c1-4-17-31-28(35)21(3)32(18-22-7-9-23(29)10-8-22)27(34)19-33(25-13-5-20(2)6-14-25)38(36,37)26-15-11-24(30)12-16-26/h5-16,21H,4,17-19H2,1-3H3,(H,31,35). The van der Waals surface area contributed by atoms with Crippen molar-refractivity contribution in [3.05, 3.63) is 95.6 Å². The van der Waals surface area contributed by atoms with Crippen LogP contribution in [0.1, 0.15) is 31.4 Å². The molecular weight excluding hydrogens is 512 g/mol. The Kier molecular flexibility index (Phi) is 9.57. The molecule has 0 aromatic heterocycles. The summed E-state index contributed by atoms with van der Waals surface area (Å²) in [6.45, 7) is 5.04. The van der Waals surface area contributed by atoms with Gasteiger partial charge in [-0.15, -0.1) is 0 Å². The van der Waals surface area contributed by atoms with E-state index in [1.807, 2.05) is 13.8 Å². The van der Waals surface area contributed by atoms with Gasteiger partial charge in [0.2, 0.25) is 11.8 Å². The van der Waals surface area contributed by atoms with Crippen molar-refractivity contribution in [3.8, 4) is 0 Å². The Balaban J connectivity index is 2.00. The van der Waals surface area contributed by atoms with Crippen molar-refractivity contribution in [1.82, 2.24) is 10.2 Å². The fourth-order valence-corrected chi connectivity index (χ4v) is 5.15. The van der Waals surface area contributed by atoms with Gasteiger partial charge >= 0.3 is 0 Å². The van der Waals surface area contributed by atoms with Gasteiger partial charge in [-0.3, -0.25) is 13.9 Å². The number of carbonyl (C=O) groups excluding carboxylic acids is 2. The predicted molar refractivity (Wildman–Crippen MR) is 142 cm³/mol. The molecule has 0 radical (unpaired) electrons. The molecular formula is C28H31F2N3O4S. The van der Waals surface area contributed by atoms with Crippen molar-refractivity contribution >= 4 is 27.5 Å². The van der Waals surface area contributed by atoms with Gasteiger partial charge in [0.25, 0.3) is 10.0 Å². The zero-order chi connectivity index (χ0) is 27.9. The van der Waals surface area contributed by atoms with Gasteiger partial charge in [0.1, 0.15) is 24.2 Å². The van der Waals surface area contributed by atoms with Crippen LogP contribution < -0.4 is 9.62 Å². The van der Waals surface area contributed by atoms with Gasteiger partial charge in [-0.05, 0) is 74.4 Å². The molecule has 10 heteroatoms. The third kappa shape index (κ3) is 7.16. The van der Waals surface area contributed by atoms with Crippen molar-refractivity contribution in [2.75, 3.05) is 17.4 Å². The lowest BCUT2D eigenvalue weighted by atomic mass is 10.1. The first-order valence-corrected chi connectivity index (χ1v) is 13.6. The number of rotatable bonds is 11. The van der Waals surface area contributed by atoms with Crippen LogP contribution in [0, 0.1) is 18.6 Å². The van der Waals surface area contributed by atoms with Crippen LogP contribution >= 0.6 is 0 Å². The second kappa shape index (κ2) is 12.6. The lowest BCUT2D eigenvalue weighted by Gasteiger charge is -2.32. The molecule has 38 heavy (non-hydrogen) atoms. The monoisotopic (exact) mass is 543 g/mol. The fourth-order valence-electron chi connectivity index (χ4n) is 3.74. The lowest BCUT2D eigenvalue weighted by Crippen LogP contribution is -2.51. The van der Waals surface area contributed by atoms with E-state index in [4.69, 9.17) is 0 Å². The number of halogens is 2. The Morgan fingerprint density at radius 2 is 1.45 bits per heavy atom. The highest BCUT2D eigenvalue weighted by Gasteiger charge is 2.32. The zero-order valence-electron chi connectivity index (χ0n) is 21.5. The summed E-state index contributed by atoms with van der Waals surface area (Å²) in [5.41, 5.74) is 1.69. The Hall–Kier alpha value is -3.79. The van der Waals surface area contributed by atoms with E-state index in [0.717, 1.165) is 34.1 Å². The van der Waals surface area contributed by atoms with Crippen LogP contribution in [-0.4, -0.2) is 44.3 Å². The van der Waals surface area contributed by atoms with Crippen LogP contribution in [0.3, 0.4) is 0 Å². The van der Waals surface area contributed by atoms with E-state index in [0.29, 0.717) is 18.5 Å². The Bertz CT molecular complexity index is 1350. The summed E-state index contributed by atoms with van der Waals surface area (Å²) in [5.74, 6) is -2.08.